The summed E-state index contributed by atoms with van der Waals surface area (Å²) in [5.74, 6) is -1.56. The van der Waals surface area contributed by atoms with E-state index in [0.29, 0.717) is 44.6 Å². The molecule has 0 N–H and O–H groups in total. The number of hydrogen-bond acceptors (Lipinski definition) is 3. The van der Waals surface area contributed by atoms with Crippen LogP contribution in [0.15, 0.2) is 18.2 Å². The first-order valence-electron chi connectivity index (χ1n) is 9.00. The Bertz CT molecular complexity index is 715. The summed E-state index contributed by atoms with van der Waals surface area (Å²) in [6.07, 6.45) is 1.11. The minimum atomic E-state index is -0.853. The lowest BCUT2D eigenvalue weighted by molar-refractivity contribution is -0.135. The van der Waals surface area contributed by atoms with Crippen molar-refractivity contribution in [3.05, 3.63) is 35.4 Å². The summed E-state index contributed by atoms with van der Waals surface area (Å²) in [6, 6.07) is 3.70. The molecule has 1 aromatic carbocycles. The van der Waals surface area contributed by atoms with Gasteiger partial charge in [-0.2, -0.15) is 0 Å². The molecule has 2 fully saturated rings. The average Bonchev–Trinajstić information content (AvgIpc) is 2.76. The van der Waals surface area contributed by atoms with Gasteiger partial charge in [0.05, 0.1) is 0 Å². The summed E-state index contributed by atoms with van der Waals surface area (Å²) >= 11 is 0. The van der Waals surface area contributed by atoms with Crippen molar-refractivity contribution in [2.75, 3.05) is 26.7 Å². The number of amides is 3. The second-order valence-corrected chi connectivity index (χ2v) is 7.71. The highest BCUT2D eigenvalue weighted by atomic mass is 19.2. The van der Waals surface area contributed by atoms with Crippen molar-refractivity contribution in [3.63, 3.8) is 0 Å². The SMILES string of the molecule is CC(C)CN1C(=O)N(C)C(=O)C12CCN(Cc1ccc(F)c(F)c1)CC2. The molecule has 7 heteroatoms. The first-order valence-corrected chi connectivity index (χ1v) is 9.00. The van der Waals surface area contributed by atoms with Crippen LogP contribution in [-0.4, -0.2) is 58.9 Å². The lowest BCUT2D eigenvalue weighted by atomic mass is 9.85. The number of nitrogens with zero attached hydrogens (tertiary/aromatic N) is 3. The molecule has 2 aliphatic rings. The Morgan fingerprint density at radius 1 is 1.12 bits per heavy atom. The molecule has 0 radical (unpaired) electrons. The van der Waals surface area contributed by atoms with Crippen LogP contribution < -0.4 is 0 Å². The number of benzene rings is 1. The molecule has 0 unspecified atom stereocenters. The van der Waals surface area contributed by atoms with Gasteiger partial charge >= 0.3 is 6.03 Å². The number of likely N-dealkylation sites (tertiary alicyclic amines) is 1. The van der Waals surface area contributed by atoms with Gasteiger partial charge in [-0.1, -0.05) is 19.9 Å². The molecule has 0 aliphatic carbocycles. The predicted molar refractivity (Wildman–Crippen MR) is 93.3 cm³/mol. The number of likely N-dealkylation sites (N-methyl/N-ethyl adjacent to an activating group) is 1. The van der Waals surface area contributed by atoms with Crippen LogP contribution in [0.1, 0.15) is 32.3 Å². The minimum absolute atomic E-state index is 0.129. The second-order valence-electron chi connectivity index (χ2n) is 7.71. The molecule has 0 aromatic heterocycles. The van der Waals surface area contributed by atoms with Crippen LogP contribution in [-0.2, 0) is 11.3 Å². The number of urea groups is 1. The molecule has 0 saturated carbocycles. The van der Waals surface area contributed by atoms with Gasteiger partial charge in [0.15, 0.2) is 11.6 Å². The highest BCUT2D eigenvalue weighted by Gasteiger charge is 2.56. The Balaban J connectivity index is 1.71. The summed E-state index contributed by atoms with van der Waals surface area (Å²) in [5.41, 5.74) is -0.0643. The van der Waals surface area contributed by atoms with E-state index in [9.17, 15) is 18.4 Å². The normalized spacial score (nSPS) is 20.7. The summed E-state index contributed by atoms with van der Waals surface area (Å²) < 4.78 is 26.5. The molecule has 3 amide bonds. The highest BCUT2D eigenvalue weighted by Crippen LogP contribution is 2.37. The fourth-order valence-electron chi connectivity index (χ4n) is 3.96. The predicted octanol–water partition coefficient (Wildman–Crippen LogP) is 2.85. The molecule has 1 aromatic rings. The molecule has 2 saturated heterocycles. The average molecular weight is 365 g/mol. The number of piperidine rings is 1. The monoisotopic (exact) mass is 365 g/mol. The number of imide groups is 1. The van der Waals surface area contributed by atoms with Crippen molar-refractivity contribution in [2.45, 2.75) is 38.8 Å². The molecule has 26 heavy (non-hydrogen) atoms. The van der Waals surface area contributed by atoms with Gasteiger partial charge in [0, 0.05) is 33.2 Å². The number of rotatable bonds is 4. The Morgan fingerprint density at radius 3 is 2.35 bits per heavy atom. The lowest BCUT2D eigenvalue weighted by Crippen LogP contribution is -2.57. The van der Waals surface area contributed by atoms with Crippen LogP contribution in [0.4, 0.5) is 13.6 Å². The Labute approximate surface area is 152 Å². The van der Waals surface area contributed by atoms with Crippen molar-refractivity contribution >= 4 is 11.9 Å². The maximum absolute atomic E-state index is 13.4. The number of hydrogen-bond donors (Lipinski definition) is 0. The van der Waals surface area contributed by atoms with E-state index in [1.165, 1.54) is 11.0 Å². The van der Waals surface area contributed by atoms with Crippen LogP contribution in [0.25, 0.3) is 0 Å². The van der Waals surface area contributed by atoms with Crippen LogP contribution in [0, 0.1) is 17.6 Å². The third-order valence-corrected chi connectivity index (χ3v) is 5.36. The van der Waals surface area contributed by atoms with Crippen molar-refractivity contribution < 1.29 is 18.4 Å². The Morgan fingerprint density at radius 2 is 1.77 bits per heavy atom. The van der Waals surface area contributed by atoms with Gasteiger partial charge in [0.1, 0.15) is 5.54 Å². The van der Waals surface area contributed by atoms with Gasteiger partial charge in [-0.3, -0.25) is 14.6 Å². The number of carbonyl (C=O) groups is 2. The van der Waals surface area contributed by atoms with Crippen molar-refractivity contribution in [2.24, 2.45) is 5.92 Å². The van der Waals surface area contributed by atoms with Gasteiger partial charge in [-0.25, -0.2) is 13.6 Å². The molecule has 5 nitrogen and oxygen atoms in total. The lowest BCUT2D eigenvalue weighted by Gasteiger charge is -2.42. The fraction of sp³-hybridized carbons (Fsp3) is 0.579. The molecule has 1 spiro atoms. The van der Waals surface area contributed by atoms with Crippen LogP contribution >= 0.6 is 0 Å². The van der Waals surface area contributed by atoms with Gasteiger partial charge in [0.2, 0.25) is 0 Å². The zero-order chi connectivity index (χ0) is 19.1. The zero-order valence-electron chi connectivity index (χ0n) is 15.5. The number of carbonyl (C=O) groups excluding carboxylic acids is 2. The molecule has 0 atom stereocenters. The summed E-state index contributed by atoms with van der Waals surface area (Å²) in [5, 5.41) is 0. The molecule has 2 aliphatic heterocycles. The minimum Gasteiger partial charge on any atom is -0.309 e. The summed E-state index contributed by atoms with van der Waals surface area (Å²) in [7, 11) is 1.54. The van der Waals surface area contributed by atoms with E-state index in [1.807, 2.05) is 13.8 Å². The Kier molecular flexibility index (Phi) is 5.01. The van der Waals surface area contributed by atoms with E-state index >= 15 is 0 Å². The fourth-order valence-corrected chi connectivity index (χ4v) is 3.96. The molecular weight excluding hydrogens is 340 g/mol. The van der Waals surface area contributed by atoms with Gasteiger partial charge in [-0.05, 0) is 36.5 Å². The topological polar surface area (TPSA) is 43.9 Å². The first-order chi connectivity index (χ1) is 12.2. The Hall–Kier alpha value is -2.02. The van der Waals surface area contributed by atoms with Gasteiger partial charge in [-0.15, -0.1) is 0 Å². The van der Waals surface area contributed by atoms with E-state index < -0.39 is 17.2 Å². The van der Waals surface area contributed by atoms with Crippen LogP contribution in [0.3, 0.4) is 0 Å². The third kappa shape index (κ3) is 3.20. The first kappa shape index (κ1) is 18.8. The van der Waals surface area contributed by atoms with Crippen molar-refractivity contribution in [1.29, 1.82) is 0 Å². The molecule has 0 bridgehead atoms. The molecular formula is C19H25F2N3O2. The van der Waals surface area contributed by atoms with Crippen molar-refractivity contribution in [1.82, 2.24) is 14.7 Å². The quantitative estimate of drug-likeness (QED) is 0.771. The molecule has 3 rings (SSSR count). The smallest absolute Gasteiger partial charge is 0.309 e. The van der Waals surface area contributed by atoms with E-state index in [-0.39, 0.29) is 17.9 Å². The molecule has 142 valence electrons. The van der Waals surface area contributed by atoms with Crippen molar-refractivity contribution in [3.8, 4) is 0 Å². The maximum Gasteiger partial charge on any atom is 0.327 e. The van der Waals surface area contributed by atoms with E-state index in [2.05, 4.69) is 4.90 Å². The zero-order valence-corrected chi connectivity index (χ0v) is 15.5. The number of halogens is 2. The summed E-state index contributed by atoms with van der Waals surface area (Å²) in [4.78, 5) is 30.4. The van der Waals surface area contributed by atoms with Crippen LogP contribution in [0.5, 0.6) is 0 Å². The van der Waals surface area contributed by atoms with E-state index in [4.69, 9.17) is 0 Å². The van der Waals surface area contributed by atoms with Crippen LogP contribution in [0.2, 0.25) is 0 Å². The standard InChI is InChI=1S/C19H25F2N3O2/c1-13(2)11-24-18(26)22(3)17(25)19(24)6-8-23(9-7-19)12-14-4-5-15(20)16(21)10-14/h4-5,10,13H,6-9,11-12H2,1-3H3. The summed E-state index contributed by atoms with van der Waals surface area (Å²) in [6.45, 7) is 6.36. The van der Waals surface area contributed by atoms with E-state index in [1.54, 1.807) is 18.0 Å². The maximum atomic E-state index is 13.4. The second kappa shape index (κ2) is 6.95. The van der Waals surface area contributed by atoms with E-state index in [0.717, 1.165) is 6.07 Å². The third-order valence-electron chi connectivity index (χ3n) is 5.36. The highest BCUT2D eigenvalue weighted by molar-refractivity contribution is 6.06. The molecule has 2 heterocycles. The van der Waals surface area contributed by atoms with Gasteiger partial charge < -0.3 is 4.90 Å². The largest absolute Gasteiger partial charge is 0.327 e. The van der Waals surface area contributed by atoms with Gasteiger partial charge in [0.25, 0.3) is 5.91 Å².